The van der Waals surface area contributed by atoms with E-state index in [0.717, 1.165) is 11.3 Å². The summed E-state index contributed by atoms with van der Waals surface area (Å²) < 4.78 is 10.4. The molecule has 1 aromatic heterocycles. The molecule has 0 aromatic carbocycles. The molecular weight excluding hydrogens is 154 g/mol. The lowest BCUT2D eigenvalue weighted by Gasteiger charge is -2.06. The first-order valence-corrected chi connectivity index (χ1v) is 3.98. The van der Waals surface area contributed by atoms with Crippen molar-refractivity contribution in [1.82, 2.24) is 4.98 Å². The number of hydrogen-bond donors (Lipinski definition) is 0. The molecule has 3 heteroatoms. The molecule has 2 rings (SSSR count). The Kier molecular flexibility index (Phi) is 2.06. The zero-order valence-corrected chi connectivity index (χ0v) is 6.99. The van der Waals surface area contributed by atoms with Crippen molar-refractivity contribution in [2.75, 3.05) is 13.4 Å². The predicted octanol–water partition coefficient (Wildman–Crippen LogP) is 1.44. The monoisotopic (exact) mass is 165 g/mol. The SMILES string of the molecule is Cc1ccc(C2COCO2)cn1. The van der Waals surface area contributed by atoms with Gasteiger partial charge in [0.1, 0.15) is 12.9 Å². The summed E-state index contributed by atoms with van der Waals surface area (Å²) in [6, 6.07) is 4.01. The normalized spacial score (nSPS) is 22.9. The minimum Gasteiger partial charge on any atom is -0.352 e. The van der Waals surface area contributed by atoms with E-state index in [1.54, 1.807) is 0 Å². The number of pyridine rings is 1. The molecule has 12 heavy (non-hydrogen) atoms. The number of hydrogen-bond acceptors (Lipinski definition) is 3. The summed E-state index contributed by atoms with van der Waals surface area (Å²) in [6.45, 7) is 3.01. The van der Waals surface area contributed by atoms with Gasteiger partial charge in [-0.1, -0.05) is 6.07 Å². The van der Waals surface area contributed by atoms with Gasteiger partial charge in [-0.15, -0.1) is 0 Å². The molecule has 1 unspecified atom stereocenters. The maximum Gasteiger partial charge on any atom is 0.147 e. The zero-order chi connectivity index (χ0) is 8.39. The van der Waals surface area contributed by atoms with E-state index in [9.17, 15) is 0 Å². The summed E-state index contributed by atoms with van der Waals surface area (Å²) in [7, 11) is 0. The Bertz CT molecular complexity index is 252. The minimum absolute atomic E-state index is 0.0816. The maximum absolute atomic E-state index is 5.32. The zero-order valence-electron chi connectivity index (χ0n) is 6.99. The van der Waals surface area contributed by atoms with Crippen LogP contribution in [0.15, 0.2) is 18.3 Å². The van der Waals surface area contributed by atoms with Crippen molar-refractivity contribution in [2.24, 2.45) is 0 Å². The van der Waals surface area contributed by atoms with Crippen LogP contribution in [0, 0.1) is 6.92 Å². The molecule has 1 aromatic rings. The lowest BCUT2D eigenvalue weighted by atomic mass is 10.2. The number of nitrogens with zero attached hydrogens (tertiary/aromatic N) is 1. The number of aromatic nitrogens is 1. The van der Waals surface area contributed by atoms with Gasteiger partial charge in [-0.25, -0.2) is 0 Å². The second-order valence-corrected chi connectivity index (χ2v) is 2.88. The van der Waals surface area contributed by atoms with Crippen LogP contribution in [0.3, 0.4) is 0 Å². The summed E-state index contributed by atoms with van der Waals surface area (Å²) in [5.41, 5.74) is 2.12. The smallest absolute Gasteiger partial charge is 0.147 e. The Morgan fingerprint density at radius 3 is 3.00 bits per heavy atom. The molecule has 0 saturated carbocycles. The first-order valence-electron chi connectivity index (χ1n) is 3.98. The average Bonchev–Trinajstić information content (AvgIpc) is 2.58. The number of aryl methyl sites for hydroxylation is 1. The van der Waals surface area contributed by atoms with E-state index in [2.05, 4.69) is 4.98 Å². The van der Waals surface area contributed by atoms with E-state index in [-0.39, 0.29) is 6.10 Å². The molecule has 0 N–H and O–H groups in total. The third-order valence-corrected chi connectivity index (χ3v) is 1.93. The van der Waals surface area contributed by atoms with Gasteiger partial charge >= 0.3 is 0 Å². The van der Waals surface area contributed by atoms with Gasteiger partial charge in [0.15, 0.2) is 0 Å². The van der Waals surface area contributed by atoms with E-state index in [1.807, 2.05) is 25.3 Å². The van der Waals surface area contributed by atoms with Gasteiger partial charge in [0.25, 0.3) is 0 Å². The quantitative estimate of drug-likeness (QED) is 0.631. The highest BCUT2D eigenvalue weighted by atomic mass is 16.7. The van der Waals surface area contributed by atoms with Crippen molar-refractivity contribution in [3.8, 4) is 0 Å². The highest BCUT2D eigenvalue weighted by Crippen LogP contribution is 2.21. The largest absolute Gasteiger partial charge is 0.352 e. The van der Waals surface area contributed by atoms with E-state index in [4.69, 9.17) is 9.47 Å². The molecule has 0 spiro atoms. The van der Waals surface area contributed by atoms with Gasteiger partial charge in [0, 0.05) is 17.5 Å². The summed E-state index contributed by atoms with van der Waals surface area (Å²) in [5, 5.41) is 0. The van der Waals surface area contributed by atoms with Crippen LogP contribution >= 0.6 is 0 Å². The van der Waals surface area contributed by atoms with E-state index in [0.29, 0.717) is 13.4 Å². The summed E-state index contributed by atoms with van der Waals surface area (Å²) >= 11 is 0. The number of ether oxygens (including phenoxy) is 2. The van der Waals surface area contributed by atoms with Gasteiger partial charge in [-0.3, -0.25) is 4.98 Å². The molecule has 0 radical (unpaired) electrons. The van der Waals surface area contributed by atoms with Crippen molar-refractivity contribution in [2.45, 2.75) is 13.0 Å². The van der Waals surface area contributed by atoms with Gasteiger partial charge in [0.2, 0.25) is 0 Å². The van der Waals surface area contributed by atoms with Gasteiger partial charge in [-0.05, 0) is 13.0 Å². The van der Waals surface area contributed by atoms with Gasteiger partial charge in [0.05, 0.1) is 6.61 Å². The lowest BCUT2D eigenvalue weighted by molar-refractivity contribution is 0.0465. The third-order valence-electron chi connectivity index (χ3n) is 1.93. The van der Waals surface area contributed by atoms with Gasteiger partial charge < -0.3 is 9.47 Å². The first-order chi connectivity index (χ1) is 5.86. The molecular formula is C9H11NO2. The topological polar surface area (TPSA) is 31.4 Å². The fraction of sp³-hybridized carbons (Fsp3) is 0.444. The van der Waals surface area contributed by atoms with Gasteiger partial charge in [-0.2, -0.15) is 0 Å². The van der Waals surface area contributed by atoms with Crippen LogP contribution in [0.2, 0.25) is 0 Å². The predicted molar refractivity (Wildman–Crippen MR) is 43.6 cm³/mol. The molecule has 1 aliphatic rings. The molecule has 0 bridgehead atoms. The fourth-order valence-electron chi connectivity index (χ4n) is 1.20. The first kappa shape index (κ1) is 7.71. The van der Waals surface area contributed by atoms with E-state index >= 15 is 0 Å². The highest BCUT2D eigenvalue weighted by molar-refractivity contribution is 5.16. The Morgan fingerprint density at radius 1 is 1.50 bits per heavy atom. The van der Waals surface area contributed by atoms with Crippen LogP contribution in [0.4, 0.5) is 0 Å². The second kappa shape index (κ2) is 3.21. The summed E-state index contributed by atoms with van der Waals surface area (Å²) in [4.78, 5) is 4.19. The lowest BCUT2D eigenvalue weighted by Crippen LogP contribution is -2.00. The van der Waals surface area contributed by atoms with Crippen molar-refractivity contribution in [1.29, 1.82) is 0 Å². The summed E-state index contributed by atoms with van der Waals surface area (Å²) in [6.07, 6.45) is 1.92. The van der Waals surface area contributed by atoms with E-state index in [1.165, 1.54) is 0 Å². The molecule has 64 valence electrons. The molecule has 1 aliphatic heterocycles. The Labute approximate surface area is 71.3 Å². The number of rotatable bonds is 1. The van der Waals surface area contributed by atoms with Crippen LogP contribution < -0.4 is 0 Å². The van der Waals surface area contributed by atoms with Crippen molar-refractivity contribution >= 4 is 0 Å². The van der Waals surface area contributed by atoms with E-state index < -0.39 is 0 Å². The van der Waals surface area contributed by atoms with Crippen LogP contribution in [0.25, 0.3) is 0 Å². The fourth-order valence-corrected chi connectivity index (χ4v) is 1.20. The standard InChI is InChI=1S/C9H11NO2/c1-7-2-3-8(4-10-7)9-5-11-6-12-9/h2-4,9H,5-6H2,1H3. The molecule has 1 saturated heterocycles. The molecule has 0 amide bonds. The summed E-state index contributed by atoms with van der Waals surface area (Å²) in [5.74, 6) is 0. The van der Waals surface area contributed by atoms with Crippen molar-refractivity contribution in [3.63, 3.8) is 0 Å². The Hall–Kier alpha value is -0.930. The second-order valence-electron chi connectivity index (χ2n) is 2.88. The Morgan fingerprint density at radius 2 is 2.42 bits per heavy atom. The van der Waals surface area contributed by atoms with Crippen LogP contribution in [0.1, 0.15) is 17.4 Å². The van der Waals surface area contributed by atoms with Crippen molar-refractivity contribution < 1.29 is 9.47 Å². The highest BCUT2D eigenvalue weighted by Gasteiger charge is 2.17. The average molecular weight is 165 g/mol. The Balaban J connectivity index is 2.17. The third kappa shape index (κ3) is 1.47. The molecule has 2 heterocycles. The van der Waals surface area contributed by atoms with Crippen molar-refractivity contribution in [3.05, 3.63) is 29.6 Å². The molecule has 1 fully saturated rings. The van der Waals surface area contributed by atoms with Crippen LogP contribution in [0.5, 0.6) is 0 Å². The minimum atomic E-state index is 0.0816. The molecule has 0 aliphatic carbocycles. The molecule has 1 atom stereocenters. The molecule has 3 nitrogen and oxygen atoms in total. The van der Waals surface area contributed by atoms with Crippen LogP contribution in [-0.4, -0.2) is 18.4 Å². The van der Waals surface area contributed by atoms with Crippen LogP contribution in [-0.2, 0) is 9.47 Å². The maximum atomic E-state index is 5.32.